The average Bonchev–Trinajstić information content (AvgIpc) is 2.91. The minimum absolute atomic E-state index is 0.0124. The number of aromatic carboxylic acids is 1. The van der Waals surface area contributed by atoms with Gasteiger partial charge in [-0.2, -0.15) is 0 Å². The predicted octanol–water partition coefficient (Wildman–Crippen LogP) is 1.57. The molecule has 0 bridgehead atoms. The largest absolute Gasteiger partial charge is 0.477 e. The molecule has 2 aromatic heterocycles. The number of carbonyl (C=O) groups is 1. The highest BCUT2D eigenvalue weighted by Gasteiger charge is 2.07. The van der Waals surface area contributed by atoms with Crippen LogP contribution in [-0.2, 0) is 6.54 Å². The Kier molecular flexibility index (Phi) is 4.65. The zero-order valence-corrected chi connectivity index (χ0v) is 11.3. The maximum atomic E-state index is 10.9. The van der Waals surface area contributed by atoms with Crippen LogP contribution in [0.4, 0.5) is 5.95 Å². The lowest BCUT2D eigenvalue weighted by atomic mass is 10.3. The molecule has 0 aliphatic rings. The molecule has 0 saturated carbocycles. The van der Waals surface area contributed by atoms with Crippen LogP contribution in [0.2, 0.25) is 0 Å². The van der Waals surface area contributed by atoms with E-state index in [1.54, 1.807) is 19.4 Å². The molecule has 0 atom stereocenters. The van der Waals surface area contributed by atoms with Crippen molar-refractivity contribution >= 4 is 11.9 Å². The van der Waals surface area contributed by atoms with Gasteiger partial charge < -0.3 is 15.0 Å². The maximum absolute atomic E-state index is 10.9. The van der Waals surface area contributed by atoms with E-state index >= 15 is 0 Å². The van der Waals surface area contributed by atoms with E-state index in [4.69, 9.17) is 5.11 Å². The number of aromatic nitrogens is 4. The van der Waals surface area contributed by atoms with Crippen LogP contribution in [0, 0.1) is 6.92 Å². The van der Waals surface area contributed by atoms with Crippen molar-refractivity contribution < 1.29 is 9.90 Å². The van der Waals surface area contributed by atoms with Crippen molar-refractivity contribution in [2.75, 3.05) is 11.9 Å². The van der Waals surface area contributed by atoms with Gasteiger partial charge in [-0.3, -0.25) is 0 Å². The Hall–Kier alpha value is -2.44. The van der Waals surface area contributed by atoms with Gasteiger partial charge in [0.05, 0.1) is 6.33 Å². The highest BCUT2D eigenvalue weighted by molar-refractivity contribution is 5.85. The van der Waals surface area contributed by atoms with E-state index in [0.29, 0.717) is 18.2 Å². The smallest absolute Gasteiger partial charge is 0.354 e. The number of unbranched alkanes of at least 4 members (excludes halogenated alkanes) is 1. The molecule has 20 heavy (non-hydrogen) atoms. The first-order chi connectivity index (χ1) is 9.65. The van der Waals surface area contributed by atoms with Crippen LogP contribution >= 0.6 is 0 Å². The number of nitrogens with one attached hydrogen (secondary N) is 1. The number of carboxylic acids is 1. The standard InChI is InChI=1S/C13H17N5O2/c1-10-8-11(12(19)20)17-13(16-10)15-4-2-3-6-18-7-5-14-9-18/h5,7-9H,2-4,6H2,1H3,(H,19,20)(H,15,16,17). The average molecular weight is 275 g/mol. The van der Waals surface area contributed by atoms with Crippen molar-refractivity contribution in [1.82, 2.24) is 19.5 Å². The van der Waals surface area contributed by atoms with Crippen LogP contribution in [-0.4, -0.2) is 37.1 Å². The van der Waals surface area contributed by atoms with Crippen LogP contribution in [0.15, 0.2) is 24.8 Å². The second kappa shape index (κ2) is 6.65. The van der Waals surface area contributed by atoms with Gasteiger partial charge in [0.1, 0.15) is 0 Å². The number of nitrogens with zero attached hydrogens (tertiary/aromatic N) is 4. The second-order valence-corrected chi connectivity index (χ2v) is 4.46. The molecule has 2 heterocycles. The monoisotopic (exact) mass is 275 g/mol. The summed E-state index contributed by atoms with van der Waals surface area (Å²) in [6.07, 6.45) is 7.41. The molecule has 0 aliphatic heterocycles. The Labute approximate surface area is 116 Å². The molecule has 0 spiro atoms. The van der Waals surface area contributed by atoms with Crippen molar-refractivity contribution in [2.45, 2.75) is 26.3 Å². The summed E-state index contributed by atoms with van der Waals surface area (Å²) >= 11 is 0. The topological polar surface area (TPSA) is 92.9 Å². The summed E-state index contributed by atoms with van der Waals surface area (Å²) in [6, 6.07) is 1.45. The molecule has 0 amide bonds. The Morgan fingerprint density at radius 3 is 2.95 bits per heavy atom. The summed E-state index contributed by atoms with van der Waals surface area (Å²) < 4.78 is 2.02. The van der Waals surface area contributed by atoms with Gasteiger partial charge in [-0.25, -0.2) is 19.7 Å². The zero-order valence-electron chi connectivity index (χ0n) is 11.3. The number of hydrogen-bond acceptors (Lipinski definition) is 5. The third-order valence-electron chi connectivity index (χ3n) is 2.76. The minimum Gasteiger partial charge on any atom is -0.477 e. The first kappa shape index (κ1) is 14.0. The summed E-state index contributed by atoms with van der Waals surface area (Å²) in [5.74, 6) is -0.677. The molecule has 7 heteroatoms. The highest BCUT2D eigenvalue weighted by Crippen LogP contribution is 2.05. The highest BCUT2D eigenvalue weighted by atomic mass is 16.4. The van der Waals surface area contributed by atoms with Crippen molar-refractivity contribution in [1.29, 1.82) is 0 Å². The van der Waals surface area contributed by atoms with Crippen LogP contribution in [0.1, 0.15) is 29.0 Å². The molecule has 0 fully saturated rings. The summed E-state index contributed by atoms with van der Waals surface area (Å²) in [4.78, 5) is 23.0. The Bertz CT molecular complexity index is 568. The quantitative estimate of drug-likeness (QED) is 0.745. The third-order valence-corrected chi connectivity index (χ3v) is 2.76. The Morgan fingerprint density at radius 1 is 1.40 bits per heavy atom. The zero-order chi connectivity index (χ0) is 14.4. The normalized spacial score (nSPS) is 10.4. The Morgan fingerprint density at radius 2 is 2.25 bits per heavy atom. The number of rotatable bonds is 7. The van der Waals surface area contributed by atoms with E-state index in [2.05, 4.69) is 20.3 Å². The van der Waals surface area contributed by atoms with E-state index in [-0.39, 0.29) is 5.69 Å². The lowest BCUT2D eigenvalue weighted by molar-refractivity contribution is 0.0690. The Balaban J connectivity index is 1.77. The van der Waals surface area contributed by atoms with Crippen LogP contribution in [0.3, 0.4) is 0 Å². The van der Waals surface area contributed by atoms with E-state index in [9.17, 15) is 4.79 Å². The summed E-state index contributed by atoms with van der Waals surface area (Å²) in [7, 11) is 0. The molecule has 2 rings (SSSR count). The van der Waals surface area contributed by atoms with Gasteiger partial charge in [0.25, 0.3) is 0 Å². The van der Waals surface area contributed by atoms with Crippen molar-refractivity contribution in [3.63, 3.8) is 0 Å². The summed E-state index contributed by atoms with van der Waals surface area (Å²) in [6.45, 7) is 3.37. The molecule has 7 nitrogen and oxygen atoms in total. The van der Waals surface area contributed by atoms with Gasteiger partial charge in [-0.1, -0.05) is 0 Å². The van der Waals surface area contributed by atoms with Gasteiger partial charge in [0.15, 0.2) is 5.69 Å². The summed E-state index contributed by atoms with van der Waals surface area (Å²) in [5.41, 5.74) is 0.650. The van der Waals surface area contributed by atoms with E-state index in [1.165, 1.54) is 6.07 Å². The number of hydrogen-bond donors (Lipinski definition) is 2. The summed E-state index contributed by atoms with van der Waals surface area (Å²) in [5, 5.41) is 12.0. The lowest BCUT2D eigenvalue weighted by Gasteiger charge is -2.06. The number of aryl methyl sites for hydroxylation is 2. The van der Waals surface area contributed by atoms with Crippen molar-refractivity contribution in [3.05, 3.63) is 36.2 Å². The molecule has 0 unspecified atom stereocenters. The van der Waals surface area contributed by atoms with Crippen molar-refractivity contribution in [2.24, 2.45) is 0 Å². The third kappa shape index (κ3) is 4.04. The van der Waals surface area contributed by atoms with Gasteiger partial charge >= 0.3 is 5.97 Å². The van der Waals surface area contributed by atoms with Gasteiger partial charge in [-0.05, 0) is 25.8 Å². The maximum Gasteiger partial charge on any atom is 0.354 e. The first-order valence-corrected chi connectivity index (χ1v) is 6.44. The van der Waals surface area contributed by atoms with Crippen LogP contribution < -0.4 is 5.32 Å². The number of anilines is 1. The predicted molar refractivity (Wildman–Crippen MR) is 73.7 cm³/mol. The van der Waals surface area contributed by atoms with Gasteiger partial charge in [-0.15, -0.1) is 0 Å². The van der Waals surface area contributed by atoms with Crippen LogP contribution in [0.5, 0.6) is 0 Å². The molecule has 0 aromatic carbocycles. The molecule has 2 aromatic rings. The minimum atomic E-state index is -1.04. The van der Waals surface area contributed by atoms with E-state index < -0.39 is 5.97 Å². The first-order valence-electron chi connectivity index (χ1n) is 6.44. The van der Waals surface area contributed by atoms with E-state index in [0.717, 1.165) is 19.4 Å². The molecule has 2 N–H and O–H groups in total. The fraction of sp³-hybridized carbons (Fsp3) is 0.385. The molecular formula is C13H17N5O2. The molecule has 0 aliphatic carbocycles. The number of carboxylic acid groups (broad SMARTS) is 1. The lowest BCUT2D eigenvalue weighted by Crippen LogP contribution is -2.10. The van der Waals surface area contributed by atoms with Crippen molar-refractivity contribution in [3.8, 4) is 0 Å². The SMILES string of the molecule is Cc1cc(C(=O)O)nc(NCCCCn2ccnc2)n1. The number of imidazole rings is 1. The fourth-order valence-electron chi connectivity index (χ4n) is 1.80. The van der Waals surface area contributed by atoms with Gasteiger partial charge in [0.2, 0.25) is 5.95 Å². The van der Waals surface area contributed by atoms with E-state index in [1.807, 2.05) is 10.8 Å². The van der Waals surface area contributed by atoms with Crippen LogP contribution in [0.25, 0.3) is 0 Å². The second-order valence-electron chi connectivity index (χ2n) is 4.46. The molecule has 106 valence electrons. The molecular weight excluding hydrogens is 258 g/mol. The molecule has 0 radical (unpaired) electrons. The molecule has 0 saturated heterocycles. The van der Waals surface area contributed by atoms with Gasteiger partial charge in [0, 0.05) is 31.2 Å². The fourth-order valence-corrected chi connectivity index (χ4v) is 1.80.